The molecule has 1 nitrogen and oxygen atoms in total. The van der Waals surface area contributed by atoms with Crippen LogP contribution in [0.4, 0.5) is 0 Å². The van der Waals surface area contributed by atoms with E-state index in [-0.39, 0.29) is 0 Å². The van der Waals surface area contributed by atoms with Crippen molar-refractivity contribution in [2.45, 2.75) is 52.9 Å². The lowest BCUT2D eigenvalue weighted by atomic mass is 9.92. The van der Waals surface area contributed by atoms with Gasteiger partial charge in [0, 0.05) is 6.16 Å². The summed E-state index contributed by atoms with van der Waals surface area (Å²) in [6, 6.07) is 8.88. The van der Waals surface area contributed by atoms with Crippen molar-refractivity contribution in [2.75, 3.05) is 18.5 Å². The average Bonchev–Trinajstić information content (AvgIpc) is 2.44. The van der Waals surface area contributed by atoms with Crippen LogP contribution in [0.15, 0.2) is 24.3 Å². The summed E-state index contributed by atoms with van der Waals surface area (Å²) in [7, 11) is -1.89. The number of benzene rings is 1. The second-order valence-corrected chi connectivity index (χ2v) is 9.43. The van der Waals surface area contributed by atoms with Gasteiger partial charge >= 0.3 is 0 Å². The van der Waals surface area contributed by atoms with E-state index in [2.05, 4.69) is 52.0 Å². The maximum absolute atomic E-state index is 12.5. The zero-order valence-corrected chi connectivity index (χ0v) is 13.9. The van der Waals surface area contributed by atoms with Crippen molar-refractivity contribution in [3.63, 3.8) is 0 Å². The van der Waals surface area contributed by atoms with Crippen LogP contribution in [-0.2, 0) is 4.57 Å². The molecule has 0 fully saturated rings. The molecule has 0 amide bonds. The zero-order chi connectivity index (χ0) is 14.3. The summed E-state index contributed by atoms with van der Waals surface area (Å²) in [5, 5.41) is 0. The monoisotopic (exact) mass is 280 g/mol. The number of hydrogen-bond donors (Lipinski definition) is 0. The van der Waals surface area contributed by atoms with Crippen LogP contribution in [0.25, 0.3) is 0 Å². The average molecular weight is 280 g/mol. The van der Waals surface area contributed by atoms with Crippen LogP contribution in [0.2, 0.25) is 0 Å². The lowest BCUT2D eigenvalue weighted by molar-refractivity contribution is 0.559. The van der Waals surface area contributed by atoms with E-state index in [9.17, 15) is 4.57 Å². The van der Waals surface area contributed by atoms with E-state index >= 15 is 0 Å². The van der Waals surface area contributed by atoms with Gasteiger partial charge in [0.25, 0.3) is 0 Å². The van der Waals surface area contributed by atoms with Crippen LogP contribution in [-0.4, -0.2) is 18.5 Å². The quantitative estimate of drug-likeness (QED) is 0.560. The van der Waals surface area contributed by atoms with Gasteiger partial charge in [-0.05, 0) is 43.6 Å². The molecule has 1 aromatic rings. The second-order valence-electron chi connectivity index (χ2n) is 5.60. The summed E-state index contributed by atoms with van der Waals surface area (Å²) in [5.41, 5.74) is 2.73. The minimum atomic E-state index is -1.89. The molecule has 0 aliphatic heterocycles. The minimum absolute atomic E-state index is 0.581. The topological polar surface area (TPSA) is 17.1 Å². The van der Waals surface area contributed by atoms with Gasteiger partial charge in [-0.25, -0.2) is 0 Å². The highest BCUT2D eigenvalue weighted by Crippen LogP contribution is 2.47. The van der Waals surface area contributed by atoms with Crippen molar-refractivity contribution in [2.24, 2.45) is 0 Å². The summed E-state index contributed by atoms with van der Waals surface area (Å²) in [6.45, 7) is 8.51. The van der Waals surface area contributed by atoms with Gasteiger partial charge in [-0.15, -0.1) is 0 Å². The second kappa shape index (κ2) is 7.90. The van der Waals surface area contributed by atoms with Gasteiger partial charge < -0.3 is 4.57 Å². The molecule has 1 aromatic carbocycles. The third-order valence-corrected chi connectivity index (χ3v) is 7.60. The van der Waals surface area contributed by atoms with E-state index in [1.807, 2.05) is 0 Å². The fourth-order valence-corrected chi connectivity index (χ4v) is 4.46. The van der Waals surface area contributed by atoms with E-state index < -0.39 is 7.14 Å². The minimum Gasteiger partial charge on any atom is -0.324 e. The van der Waals surface area contributed by atoms with E-state index in [1.54, 1.807) is 0 Å². The van der Waals surface area contributed by atoms with Crippen molar-refractivity contribution >= 4 is 7.14 Å². The van der Waals surface area contributed by atoms with E-state index in [0.717, 1.165) is 24.9 Å². The first kappa shape index (κ1) is 16.5. The van der Waals surface area contributed by atoms with E-state index in [0.29, 0.717) is 5.92 Å². The van der Waals surface area contributed by atoms with Crippen molar-refractivity contribution in [1.29, 1.82) is 0 Å². The molecule has 19 heavy (non-hydrogen) atoms. The first-order valence-corrected chi connectivity index (χ1v) is 9.94. The van der Waals surface area contributed by atoms with Crippen LogP contribution in [0, 0.1) is 6.92 Å². The van der Waals surface area contributed by atoms with Crippen LogP contribution in [0.3, 0.4) is 0 Å². The molecule has 0 radical (unpaired) electrons. The summed E-state index contributed by atoms with van der Waals surface area (Å²) < 4.78 is 12.5. The highest BCUT2D eigenvalue weighted by Gasteiger charge is 2.20. The molecule has 108 valence electrons. The van der Waals surface area contributed by atoms with Crippen LogP contribution in [0.5, 0.6) is 0 Å². The Morgan fingerprint density at radius 2 is 1.58 bits per heavy atom. The number of rotatable bonds is 8. The van der Waals surface area contributed by atoms with E-state index in [4.69, 9.17) is 0 Å². The molecular weight excluding hydrogens is 251 g/mol. The molecule has 0 aromatic heterocycles. The van der Waals surface area contributed by atoms with Crippen LogP contribution < -0.4 is 0 Å². The Morgan fingerprint density at radius 1 is 1.00 bits per heavy atom. The lowest BCUT2D eigenvalue weighted by Gasteiger charge is -2.20. The van der Waals surface area contributed by atoms with Crippen LogP contribution in [0.1, 0.15) is 57.1 Å². The molecule has 1 rings (SSSR count). The van der Waals surface area contributed by atoms with Crippen LogP contribution >= 0.6 is 7.14 Å². The highest BCUT2D eigenvalue weighted by atomic mass is 31.2. The van der Waals surface area contributed by atoms with Gasteiger partial charge in [0.1, 0.15) is 0 Å². The van der Waals surface area contributed by atoms with Gasteiger partial charge in [-0.1, -0.05) is 57.0 Å². The normalized spacial score (nSPS) is 13.5. The highest BCUT2D eigenvalue weighted by molar-refractivity contribution is 7.63. The summed E-state index contributed by atoms with van der Waals surface area (Å²) in [6.07, 6.45) is 6.11. The Balaban J connectivity index is 2.73. The van der Waals surface area contributed by atoms with Gasteiger partial charge in [-0.3, -0.25) is 0 Å². The molecule has 0 aliphatic rings. The van der Waals surface area contributed by atoms with Crippen molar-refractivity contribution in [3.05, 3.63) is 35.4 Å². The summed E-state index contributed by atoms with van der Waals surface area (Å²) in [4.78, 5) is 0. The molecule has 0 aliphatic carbocycles. The SMILES string of the molecule is CCCC(CCP(=O)(CC)CC)c1ccc(C)cc1. The number of aryl methyl sites for hydroxylation is 1. The third-order valence-electron chi connectivity index (χ3n) is 4.22. The first-order chi connectivity index (χ1) is 9.04. The Labute approximate surface area is 119 Å². The predicted octanol–water partition coefficient (Wildman–Crippen LogP) is 5.67. The largest absolute Gasteiger partial charge is 0.324 e. The maximum atomic E-state index is 12.5. The number of hydrogen-bond acceptors (Lipinski definition) is 1. The molecule has 1 unspecified atom stereocenters. The molecule has 0 N–H and O–H groups in total. The molecular formula is C17H29OP. The lowest BCUT2D eigenvalue weighted by Crippen LogP contribution is -2.04. The van der Waals surface area contributed by atoms with Crippen molar-refractivity contribution in [1.82, 2.24) is 0 Å². The maximum Gasteiger partial charge on any atom is 0.0872 e. The Morgan fingerprint density at radius 3 is 2.05 bits per heavy atom. The van der Waals surface area contributed by atoms with Gasteiger partial charge in [-0.2, -0.15) is 0 Å². The smallest absolute Gasteiger partial charge is 0.0872 e. The fourth-order valence-electron chi connectivity index (χ4n) is 2.60. The molecule has 0 heterocycles. The van der Waals surface area contributed by atoms with Gasteiger partial charge in [0.15, 0.2) is 0 Å². The van der Waals surface area contributed by atoms with E-state index in [1.165, 1.54) is 24.0 Å². The summed E-state index contributed by atoms with van der Waals surface area (Å²) >= 11 is 0. The first-order valence-electron chi connectivity index (χ1n) is 7.68. The van der Waals surface area contributed by atoms with Crippen molar-refractivity contribution < 1.29 is 4.57 Å². The molecule has 0 saturated carbocycles. The molecule has 0 saturated heterocycles. The Kier molecular flexibility index (Phi) is 6.86. The molecule has 2 heteroatoms. The Hall–Kier alpha value is -0.550. The van der Waals surface area contributed by atoms with Crippen molar-refractivity contribution in [3.8, 4) is 0 Å². The van der Waals surface area contributed by atoms with Gasteiger partial charge in [0.05, 0.1) is 7.14 Å². The van der Waals surface area contributed by atoms with Gasteiger partial charge in [0.2, 0.25) is 0 Å². The standard InChI is InChI=1S/C17H29OP/c1-5-8-16(13-14-19(18,6-2)7-3)17-11-9-15(4)10-12-17/h9-12,16H,5-8,13-14H2,1-4H3. The third kappa shape index (κ3) is 5.15. The molecule has 0 spiro atoms. The molecule has 0 bridgehead atoms. The zero-order valence-electron chi connectivity index (χ0n) is 13.0. The summed E-state index contributed by atoms with van der Waals surface area (Å²) in [5.74, 6) is 0.581. The Bertz CT molecular complexity index is 400. The molecule has 1 atom stereocenters. The predicted molar refractivity (Wildman–Crippen MR) is 87.0 cm³/mol. The fraction of sp³-hybridized carbons (Fsp3) is 0.647.